The number of hydrogen-bond acceptors (Lipinski definition) is 4. The number of aliphatic hydroxyl groups excluding tert-OH is 1. The van der Waals surface area contributed by atoms with Gasteiger partial charge < -0.3 is 14.4 Å². The summed E-state index contributed by atoms with van der Waals surface area (Å²) in [5, 5.41) is 10.5. The Morgan fingerprint density at radius 2 is 1.85 bits per heavy atom. The Balaban J connectivity index is 2.04. The first kappa shape index (κ1) is 17.8. The van der Waals surface area contributed by atoms with Crippen molar-refractivity contribution in [3.8, 4) is 0 Å². The molecule has 0 saturated heterocycles. The van der Waals surface area contributed by atoms with E-state index in [4.69, 9.17) is 16.0 Å². The van der Waals surface area contributed by atoms with Gasteiger partial charge in [0.2, 0.25) is 5.76 Å². The van der Waals surface area contributed by atoms with Crippen LogP contribution in [0.5, 0.6) is 0 Å². The first-order valence-corrected chi connectivity index (χ1v) is 9.05. The summed E-state index contributed by atoms with van der Waals surface area (Å²) in [7, 11) is 0. The SMILES string of the molecule is Cc1cc(C)c2oc3c(c(=O)c2c1)C(c1ccc(Cl)cc1)N(CCO)C3=O. The van der Waals surface area contributed by atoms with Crippen molar-refractivity contribution in [1.82, 2.24) is 4.90 Å². The number of fused-ring (bicyclic) bond motifs is 2. The normalized spacial score (nSPS) is 16.2. The van der Waals surface area contributed by atoms with Gasteiger partial charge in [0.25, 0.3) is 5.91 Å². The van der Waals surface area contributed by atoms with Crippen molar-refractivity contribution in [3.63, 3.8) is 0 Å². The molecule has 1 N–H and O–H groups in total. The Kier molecular flexibility index (Phi) is 4.29. The van der Waals surface area contributed by atoms with E-state index in [0.717, 1.165) is 16.7 Å². The number of carbonyl (C=O) groups excluding carboxylic acids is 1. The van der Waals surface area contributed by atoms with Gasteiger partial charge in [-0.05, 0) is 48.7 Å². The molecule has 3 aromatic rings. The number of β-amino-alcohol motifs (C(OH)–C–C–N with tert-alkyl or cyclic N) is 1. The third-order valence-electron chi connectivity index (χ3n) is 4.92. The monoisotopic (exact) mass is 383 g/mol. The Morgan fingerprint density at radius 1 is 1.15 bits per heavy atom. The topological polar surface area (TPSA) is 70.8 Å². The molecule has 6 heteroatoms. The molecule has 1 atom stereocenters. The molecule has 1 amide bonds. The van der Waals surface area contributed by atoms with E-state index in [1.54, 1.807) is 30.3 Å². The van der Waals surface area contributed by atoms with Crippen LogP contribution in [0.4, 0.5) is 0 Å². The molecule has 1 aliphatic heterocycles. The van der Waals surface area contributed by atoms with Gasteiger partial charge in [-0.1, -0.05) is 29.8 Å². The first-order valence-electron chi connectivity index (χ1n) is 8.67. The Hall–Kier alpha value is -2.63. The second kappa shape index (κ2) is 6.51. The van der Waals surface area contributed by atoms with E-state index in [-0.39, 0.29) is 24.3 Å². The van der Waals surface area contributed by atoms with Gasteiger partial charge >= 0.3 is 0 Å². The van der Waals surface area contributed by atoms with Gasteiger partial charge in [0.1, 0.15) is 5.58 Å². The van der Waals surface area contributed by atoms with Gasteiger partial charge in [-0.2, -0.15) is 0 Å². The van der Waals surface area contributed by atoms with Gasteiger partial charge in [0.05, 0.1) is 23.6 Å². The number of hydrogen-bond donors (Lipinski definition) is 1. The lowest BCUT2D eigenvalue weighted by molar-refractivity contribution is 0.0691. The Morgan fingerprint density at radius 3 is 2.52 bits per heavy atom. The average Bonchev–Trinajstić information content (AvgIpc) is 2.90. The van der Waals surface area contributed by atoms with E-state index < -0.39 is 11.9 Å². The van der Waals surface area contributed by atoms with Crippen molar-refractivity contribution in [2.75, 3.05) is 13.2 Å². The van der Waals surface area contributed by atoms with Crippen molar-refractivity contribution >= 4 is 28.5 Å². The van der Waals surface area contributed by atoms with E-state index in [9.17, 15) is 14.7 Å². The van der Waals surface area contributed by atoms with E-state index in [1.807, 2.05) is 19.9 Å². The number of carbonyl (C=O) groups is 1. The summed E-state index contributed by atoms with van der Waals surface area (Å²) in [4.78, 5) is 27.8. The van der Waals surface area contributed by atoms with Gasteiger partial charge in [0, 0.05) is 11.6 Å². The van der Waals surface area contributed by atoms with Crippen LogP contribution >= 0.6 is 11.6 Å². The summed E-state index contributed by atoms with van der Waals surface area (Å²) in [5.41, 5.74) is 3.03. The van der Waals surface area contributed by atoms with Crippen molar-refractivity contribution in [2.45, 2.75) is 19.9 Å². The van der Waals surface area contributed by atoms with Gasteiger partial charge in [0.15, 0.2) is 5.43 Å². The lowest BCUT2D eigenvalue weighted by Gasteiger charge is -2.24. The molecule has 5 nitrogen and oxygen atoms in total. The minimum absolute atomic E-state index is 0.0489. The second-order valence-electron chi connectivity index (χ2n) is 6.81. The minimum atomic E-state index is -0.613. The third kappa shape index (κ3) is 2.74. The van der Waals surface area contributed by atoms with Crippen molar-refractivity contribution in [3.05, 3.63) is 79.7 Å². The predicted molar refractivity (Wildman–Crippen MR) is 103 cm³/mol. The van der Waals surface area contributed by atoms with Crippen molar-refractivity contribution in [1.29, 1.82) is 0 Å². The molecule has 1 aliphatic rings. The van der Waals surface area contributed by atoms with Crippen LogP contribution in [0.25, 0.3) is 11.0 Å². The van der Waals surface area contributed by atoms with Crippen molar-refractivity contribution in [2.24, 2.45) is 0 Å². The van der Waals surface area contributed by atoms with Crippen LogP contribution in [-0.2, 0) is 0 Å². The molecule has 1 unspecified atom stereocenters. The van der Waals surface area contributed by atoms with E-state index >= 15 is 0 Å². The molecule has 1 aromatic heterocycles. The molecule has 138 valence electrons. The van der Waals surface area contributed by atoms with E-state index in [2.05, 4.69) is 0 Å². The maximum Gasteiger partial charge on any atom is 0.290 e. The molecule has 0 aliphatic carbocycles. The van der Waals surface area contributed by atoms with Crippen LogP contribution in [-0.4, -0.2) is 29.1 Å². The summed E-state index contributed by atoms with van der Waals surface area (Å²) in [5.74, 6) is -0.342. The van der Waals surface area contributed by atoms with E-state index in [0.29, 0.717) is 21.6 Å². The van der Waals surface area contributed by atoms with E-state index in [1.165, 1.54) is 4.90 Å². The quantitative estimate of drug-likeness (QED) is 0.750. The first-order chi connectivity index (χ1) is 12.9. The van der Waals surface area contributed by atoms with Gasteiger partial charge in [-0.3, -0.25) is 9.59 Å². The fourth-order valence-corrected chi connectivity index (χ4v) is 3.93. The molecular formula is C21H18ClNO4. The maximum absolute atomic E-state index is 13.3. The van der Waals surface area contributed by atoms with Crippen LogP contribution < -0.4 is 5.43 Å². The molecule has 0 bridgehead atoms. The molecule has 27 heavy (non-hydrogen) atoms. The average molecular weight is 384 g/mol. The summed E-state index contributed by atoms with van der Waals surface area (Å²) >= 11 is 5.99. The molecular weight excluding hydrogens is 366 g/mol. The highest BCUT2D eigenvalue weighted by Gasteiger charge is 2.42. The largest absolute Gasteiger partial charge is 0.450 e. The summed E-state index contributed by atoms with van der Waals surface area (Å²) in [6, 6.07) is 10.1. The maximum atomic E-state index is 13.3. The molecule has 0 radical (unpaired) electrons. The zero-order chi connectivity index (χ0) is 19.3. The number of rotatable bonds is 3. The molecule has 2 heterocycles. The smallest absolute Gasteiger partial charge is 0.290 e. The fraction of sp³-hybridized carbons (Fsp3) is 0.238. The molecule has 0 saturated carbocycles. The number of halogens is 1. The molecule has 0 spiro atoms. The summed E-state index contributed by atoms with van der Waals surface area (Å²) < 4.78 is 5.94. The van der Waals surface area contributed by atoms with Crippen LogP contribution in [0.15, 0.2) is 45.6 Å². The fourth-order valence-electron chi connectivity index (χ4n) is 3.80. The van der Waals surface area contributed by atoms with Gasteiger partial charge in [-0.15, -0.1) is 0 Å². The lowest BCUT2D eigenvalue weighted by Crippen LogP contribution is -2.32. The van der Waals surface area contributed by atoms with Crippen LogP contribution in [0, 0.1) is 13.8 Å². The number of aliphatic hydroxyl groups is 1. The highest BCUT2D eigenvalue weighted by atomic mass is 35.5. The minimum Gasteiger partial charge on any atom is -0.450 e. The molecule has 4 rings (SSSR count). The lowest BCUT2D eigenvalue weighted by atomic mass is 9.97. The number of benzene rings is 2. The van der Waals surface area contributed by atoms with Crippen molar-refractivity contribution < 1.29 is 14.3 Å². The van der Waals surface area contributed by atoms with Crippen LogP contribution in [0.3, 0.4) is 0 Å². The standard InChI is InChI=1S/C21H18ClNO4/c1-11-9-12(2)19-15(10-11)18(25)16-17(13-3-5-14(22)6-4-13)23(7-8-24)21(26)20(16)27-19/h3-6,9-10,17,24H,7-8H2,1-2H3. The Bertz CT molecular complexity index is 1120. The third-order valence-corrected chi connectivity index (χ3v) is 5.18. The second-order valence-corrected chi connectivity index (χ2v) is 7.25. The Labute approximate surface area is 160 Å². The predicted octanol–water partition coefficient (Wildman–Crippen LogP) is 3.60. The zero-order valence-corrected chi connectivity index (χ0v) is 15.7. The summed E-state index contributed by atoms with van der Waals surface area (Å²) in [6.45, 7) is 3.66. The number of nitrogens with zero attached hydrogens (tertiary/aromatic N) is 1. The van der Waals surface area contributed by atoms with Gasteiger partial charge in [-0.25, -0.2) is 0 Å². The summed E-state index contributed by atoms with van der Waals surface area (Å²) in [6.07, 6.45) is 0. The zero-order valence-electron chi connectivity index (χ0n) is 15.0. The molecule has 2 aromatic carbocycles. The highest BCUT2D eigenvalue weighted by molar-refractivity contribution is 6.30. The van der Waals surface area contributed by atoms with Crippen LogP contribution in [0.2, 0.25) is 5.02 Å². The van der Waals surface area contributed by atoms with Crippen LogP contribution in [0.1, 0.15) is 38.9 Å². The number of aryl methyl sites for hydroxylation is 2. The number of amides is 1. The molecule has 0 fully saturated rings. The highest BCUT2D eigenvalue weighted by Crippen LogP contribution is 2.38.